The largest absolute Gasteiger partial charge is 0.426 e. The molecule has 1 aliphatic rings. The lowest BCUT2D eigenvalue weighted by molar-refractivity contribution is -0.242. The third kappa shape index (κ3) is 3.21. The van der Waals surface area contributed by atoms with Crippen LogP contribution in [0.1, 0.15) is 27.7 Å². The molecule has 2 N–H and O–H groups in total. The molecule has 12 heteroatoms. The molecule has 1 aromatic carbocycles. The molecular formula is C16H11ClF3NO5S2. The van der Waals surface area contributed by atoms with Crippen molar-refractivity contribution in [1.82, 2.24) is 0 Å². The number of nitrogens with one attached hydrogen (secondary N) is 1. The van der Waals surface area contributed by atoms with Crippen molar-refractivity contribution in [3.05, 3.63) is 44.6 Å². The van der Waals surface area contributed by atoms with Gasteiger partial charge in [0.1, 0.15) is 0 Å². The molecule has 1 aromatic heterocycles. The predicted molar refractivity (Wildman–Crippen MR) is 95.4 cm³/mol. The molecule has 0 aliphatic carbocycles. The highest BCUT2D eigenvalue weighted by Gasteiger charge is 2.56. The van der Waals surface area contributed by atoms with E-state index < -0.39 is 55.2 Å². The van der Waals surface area contributed by atoms with Gasteiger partial charge in [0.05, 0.1) is 31.8 Å². The lowest BCUT2D eigenvalue weighted by atomic mass is 10.0. The van der Waals surface area contributed by atoms with E-state index in [1.807, 2.05) is 5.32 Å². The number of hydrogen-bond acceptors (Lipinski definition) is 6. The molecule has 0 spiro atoms. The lowest BCUT2D eigenvalue weighted by Crippen LogP contribution is -2.52. The van der Waals surface area contributed by atoms with E-state index in [-0.39, 0.29) is 22.4 Å². The molecule has 0 fully saturated rings. The minimum atomic E-state index is -5.29. The SMILES string of the molecule is CC(O)(C(=O)Nc1ccc(Cl)c2c1C(=O)c1sccc1CS2(=O)=O)C(F)(F)F. The van der Waals surface area contributed by atoms with Gasteiger partial charge in [0, 0.05) is 0 Å². The summed E-state index contributed by atoms with van der Waals surface area (Å²) in [6.07, 6.45) is -5.29. The van der Waals surface area contributed by atoms with Gasteiger partial charge < -0.3 is 10.4 Å². The molecule has 1 aliphatic heterocycles. The number of carbonyl (C=O) groups is 2. The van der Waals surface area contributed by atoms with Crippen LogP contribution in [0.2, 0.25) is 5.02 Å². The molecule has 0 saturated heterocycles. The first kappa shape index (κ1) is 20.8. The number of halogens is 4. The van der Waals surface area contributed by atoms with Gasteiger partial charge in [-0.1, -0.05) is 11.6 Å². The Labute approximate surface area is 165 Å². The summed E-state index contributed by atoms with van der Waals surface area (Å²) in [4.78, 5) is 24.5. The molecular weight excluding hydrogens is 443 g/mol. The van der Waals surface area contributed by atoms with Crippen molar-refractivity contribution in [3.8, 4) is 0 Å². The third-order valence-corrected chi connectivity index (χ3v) is 7.31. The predicted octanol–water partition coefficient (Wildman–Crippen LogP) is 3.17. The highest BCUT2D eigenvalue weighted by atomic mass is 35.5. The van der Waals surface area contributed by atoms with Crippen LogP contribution in [-0.2, 0) is 20.4 Å². The summed E-state index contributed by atoms with van der Waals surface area (Å²) in [6, 6.07) is 3.50. The standard InChI is InChI=1S/C16H11ClF3NO5S2/c1-15(24,16(18,19)20)14(23)21-9-3-2-8(17)13-10(9)11(22)12-7(4-5-27-12)6-28(13,25)26/h2-5,24H,6H2,1H3,(H,21,23). The molecule has 0 saturated carbocycles. The number of alkyl halides is 3. The van der Waals surface area contributed by atoms with Crippen molar-refractivity contribution in [2.75, 3.05) is 5.32 Å². The van der Waals surface area contributed by atoms with Crippen LogP contribution < -0.4 is 5.32 Å². The van der Waals surface area contributed by atoms with Crippen LogP contribution in [0.4, 0.5) is 18.9 Å². The lowest BCUT2D eigenvalue weighted by Gasteiger charge is -2.25. The molecule has 28 heavy (non-hydrogen) atoms. The summed E-state index contributed by atoms with van der Waals surface area (Å²) < 4.78 is 64.2. The van der Waals surface area contributed by atoms with Crippen LogP contribution in [0.25, 0.3) is 0 Å². The Kier molecular flexibility index (Phi) is 4.86. The van der Waals surface area contributed by atoms with Crippen molar-refractivity contribution >= 4 is 50.2 Å². The summed E-state index contributed by atoms with van der Waals surface area (Å²) in [6.45, 7) is 0.243. The second-order valence-electron chi connectivity index (χ2n) is 6.19. The smallest absolute Gasteiger partial charge is 0.373 e. The molecule has 2 aromatic rings. The number of benzene rings is 1. The zero-order chi connectivity index (χ0) is 21.1. The fourth-order valence-corrected chi connectivity index (χ4v) is 5.75. The Balaban J connectivity index is 2.21. The Morgan fingerprint density at radius 2 is 1.93 bits per heavy atom. The van der Waals surface area contributed by atoms with Gasteiger partial charge in [-0.15, -0.1) is 11.3 Å². The molecule has 3 rings (SSSR count). The second kappa shape index (κ2) is 6.55. The average molecular weight is 454 g/mol. The Morgan fingerprint density at radius 1 is 1.29 bits per heavy atom. The van der Waals surface area contributed by atoms with Crippen LogP contribution in [0.15, 0.2) is 28.5 Å². The van der Waals surface area contributed by atoms with E-state index in [2.05, 4.69) is 0 Å². The van der Waals surface area contributed by atoms with Crippen molar-refractivity contribution in [2.24, 2.45) is 0 Å². The van der Waals surface area contributed by atoms with Gasteiger partial charge in [0.15, 0.2) is 9.84 Å². The molecule has 0 radical (unpaired) electrons. The second-order valence-corrected chi connectivity index (χ2v) is 9.44. The first-order valence-electron chi connectivity index (χ1n) is 7.54. The Morgan fingerprint density at radius 3 is 2.54 bits per heavy atom. The van der Waals surface area contributed by atoms with E-state index in [9.17, 15) is 36.3 Å². The molecule has 1 atom stereocenters. The van der Waals surface area contributed by atoms with Crippen LogP contribution >= 0.6 is 22.9 Å². The van der Waals surface area contributed by atoms with Gasteiger partial charge in [-0.05, 0) is 36.1 Å². The highest BCUT2D eigenvalue weighted by molar-refractivity contribution is 7.91. The maximum absolute atomic E-state index is 12.9. The normalized spacial score (nSPS) is 17.9. The maximum atomic E-state index is 12.9. The number of carbonyl (C=O) groups excluding carboxylic acids is 2. The zero-order valence-corrected chi connectivity index (χ0v) is 16.3. The Hall–Kier alpha value is -1.95. The minimum absolute atomic E-state index is 0.0719. The van der Waals surface area contributed by atoms with Crippen molar-refractivity contribution in [3.63, 3.8) is 0 Å². The summed E-state index contributed by atoms with van der Waals surface area (Å²) in [7, 11) is -4.13. The van der Waals surface area contributed by atoms with E-state index in [1.54, 1.807) is 0 Å². The number of thiophene rings is 1. The highest BCUT2D eigenvalue weighted by Crippen LogP contribution is 2.40. The summed E-state index contributed by atoms with van der Waals surface area (Å²) in [5, 5.41) is 12.5. The van der Waals surface area contributed by atoms with E-state index in [1.165, 1.54) is 11.4 Å². The number of anilines is 1. The molecule has 6 nitrogen and oxygen atoms in total. The van der Waals surface area contributed by atoms with E-state index >= 15 is 0 Å². The van der Waals surface area contributed by atoms with Gasteiger partial charge in [0.2, 0.25) is 11.4 Å². The van der Waals surface area contributed by atoms with Crippen molar-refractivity contribution in [1.29, 1.82) is 0 Å². The fourth-order valence-electron chi connectivity index (χ4n) is 2.60. The number of sulfone groups is 1. The van der Waals surface area contributed by atoms with Gasteiger partial charge in [-0.25, -0.2) is 8.42 Å². The average Bonchev–Trinajstić information content (AvgIpc) is 2.98. The number of amides is 1. The van der Waals surface area contributed by atoms with Gasteiger partial charge in [-0.3, -0.25) is 9.59 Å². The number of aliphatic hydroxyl groups is 1. The Bertz CT molecular complexity index is 1110. The maximum Gasteiger partial charge on any atom is 0.426 e. The number of rotatable bonds is 2. The first-order valence-corrected chi connectivity index (χ1v) is 10.4. The summed E-state index contributed by atoms with van der Waals surface area (Å²) >= 11 is 6.93. The summed E-state index contributed by atoms with van der Waals surface area (Å²) in [5.74, 6) is -3.20. The molecule has 150 valence electrons. The van der Waals surface area contributed by atoms with Gasteiger partial charge in [0.25, 0.3) is 5.91 Å². The van der Waals surface area contributed by atoms with Gasteiger partial charge >= 0.3 is 6.18 Å². The van der Waals surface area contributed by atoms with E-state index in [0.29, 0.717) is 0 Å². The van der Waals surface area contributed by atoms with E-state index in [4.69, 9.17) is 11.6 Å². The van der Waals surface area contributed by atoms with Crippen LogP contribution in [0, 0.1) is 0 Å². The van der Waals surface area contributed by atoms with Crippen molar-refractivity contribution in [2.45, 2.75) is 29.3 Å². The third-order valence-electron chi connectivity index (χ3n) is 4.19. The summed E-state index contributed by atoms with van der Waals surface area (Å²) in [5.41, 5.74) is -4.58. The quantitative estimate of drug-likeness (QED) is 0.727. The molecule has 1 amide bonds. The monoisotopic (exact) mass is 453 g/mol. The van der Waals surface area contributed by atoms with E-state index in [0.717, 1.165) is 23.5 Å². The number of hydrogen-bond donors (Lipinski definition) is 2. The number of ketones is 1. The zero-order valence-electron chi connectivity index (χ0n) is 13.9. The molecule has 2 heterocycles. The van der Waals surface area contributed by atoms with Gasteiger partial charge in [-0.2, -0.15) is 13.2 Å². The van der Waals surface area contributed by atoms with Crippen LogP contribution in [0.3, 0.4) is 0 Å². The minimum Gasteiger partial charge on any atom is -0.373 e. The molecule has 0 bridgehead atoms. The fraction of sp³-hybridized carbons (Fsp3) is 0.250. The van der Waals surface area contributed by atoms with Crippen LogP contribution in [0.5, 0.6) is 0 Å². The number of fused-ring (bicyclic) bond motifs is 2. The topological polar surface area (TPSA) is 101 Å². The van der Waals surface area contributed by atoms with Crippen LogP contribution in [-0.4, -0.2) is 37.0 Å². The molecule has 1 unspecified atom stereocenters. The van der Waals surface area contributed by atoms with Crippen molar-refractivity contribution < 1.29 is 36.3 Å². The first-order chi connectivity index (χ1) is 12.8.